The van der Waals surface area contributed by atoms with Crippen molar-refractivity contribution in [2.24, 2.45) is 0 Å². The van der Waals surface area contributed by atoms with E-state index < -0.39 is 0 Å². The molecule has 0 atom stereocenters. The lowest BCUT2D eigenvalue weighted by Crippen LogP contribution is -2.26. The summed E-state index contributed by atoms with van der Waals surface area (Å²) in [6.07, 6.45) is 0.780. The van der Waals surface area contributed by atoms with Crippen LogP contribution >= 0.6 is 11.8 Å². The third-order valence-electron chi connectivity index (χ3n) is 2.56. The van der Waals surface area contributed by atoms with Crippen molar-refractivity contribution >= 4 is 23.4 Å². The highest BCUT2D eigenvalue weighted by molar-refractivity contribution is 7.99. The van der Waals surface area contributed by atoms with E-state index in [2.05, 4.69) is 5.32 Å². The number of anilines is 1. The fourth-order valence-electron chi connectivity index (χ4n) is 1.64. The maximum Gasteiger partial charge on any atom is 0.255 e. The molecular formula is C14H22N2O3S. The van der Waals surface area contributed by atoms with Crippen molar-refractivity contribution in [3.63, 3.8) is 0 Å². The highest BCUT2D eigenvalue weighted by Crippen LogP contribution is 2.26. The van der Waals surface area contributed by atoms with Gasteiger partial charge in [0, 0.05) is 18.9 Å². The van der Waals surface area contributed by atoms with Crippen molar-refractivity contribution in [3.05, 3.63) is 23.8 Å². The molecule has 20 heavy (non-hydrogen) atoms. The molecular weight excluding hydrogens is 276 g/mol. The highest BCUT2D eigenvalue weighted by Gasteiger charge is 2.14. The Morgan fingerprint density at radius 2 is 2.25 bits per heavy atom. The van der Waals surface area contributed by atoms with Crippen LogP contribution in [0.1, 0.15) is 23.7 Å². The zero-order chi connectivity index (χ0) is 14.8. The number of carbonyl (C=O) groups is 1. The van der Waals surface area contributed by atoms with Crippen LogP contribution in [0.15, 0.2) is 18.2 Å². The average Bonchev–Trinajstić information content (AvgIpc) is 2.45. The van der Waals surface area contributed by atoms with Crippen molar-refractivity contribution in [2.75, 3.05) is 37.0 Å². The molecule has 1 aromatic carbocycles. The summed E-state index contributed by atoms with van der Waals surface area (Å²) in [7, 11) is 0. The summed E-state index contributed by atoms with van der Waals surface area (Å²) in [6.45, 7) is 3.10. The molecule has 4 N–H and O–H groups in total. The Morgan fingerprint density at radius 3 is 2.95 bits per heavy atom. The zero-order valence-electron chi connectivity index (χ0n) is 11.7. The van der Waals surface area contributed by atoms with Crippen LogP contribution in [0.5, 0.6) is 5.75 Å². The van der Waals surface area contributed by atoms with Crippen LogP contribution in [-0.2, 0) is 0 Å². The third kappa shape index (κ3) is 5.30. The number of nitrogens with one attached hydrogen (secondary N) is 1. The van der Waals surface area contributed by atoms with Crippen molar-refractivity contribution in [3.8, 4) is 5.75 Å². The lowest BCUT2D eigenvalue weighted by atomic mass is 10.1. The van der Waals surface area contributed by atoms with Gasteiger partial charge in [0.2, 0.25) is 0 Å². The van der Waals surface area contributed by atoms with Gasteiger partial charge in [0.15, 0.2) is 5.75 Å². The van der Waals surface area contributed by atoms with Crippen LogP contribution in [0.4, 0.5) is 5.69 Å². The van der Waals surface area contributed by atoms with E-state index in [1.807, 2.05) is 6.92 Å². The fourth-order valence-corrected chi connectivity index (χ4v) is 2.42. The summed E-state index contributed by atoms with van der Waals surface area (Å²) >= 11 is 1.70. The largest absolute Gasteiger partial charge is 0.491 e. The van der Waals surface area contributed by atoms with E-state index in [1.165, 1.54) is 0 Å². The number of carbonyl (C=O) groups excluding carboxylic acids is 1. The van der Waals surface area contributed by atoms with Gasteiger partial charge in [-0.05, 0) is 31.2 Å². The van der Waals surface area contributed by atoms with Crippen molar-refractivity contribution in [1.29, 1.82) is 0 Å². The minimum absolute atomic E-state index is 0.177. The number of benzene rings is 1. The lowest BCUT2D eigenvalue weighted by Gasteiger charge is -2.12. The molecule has 0 bridgehead atoms. The average molecular weight is 298 g/mol. The van der Waals surface area contributed by atoms with Crippen LogP contribution in [0.25, 0.3) is 0 Å². The van der Waals surface area contributed by atoms with Crippen LogP contribution in [0.3, 0.4) is 0 Å². The van der Waals surface area contributed by atoms with Gasteiger partial charge in [-0.3, -0.25) is 4.79 Å². The van der Waals surface area contributed by atoms with Gasteiger partial charge in [0.1, 0.15) is 0 Å². The number of thioether (sulfide) groups is 1. The molecule has 0 aliphatic carbocycles. The van der Waals surface area contributed by atoms with Crippen LogP contribution < -0.4 is 15.8 Å². The number of hydrogen-bond donors (Lipinski definition) is 3. The molecule has 1 aromatic rings. The zero-order valence-corrected chi connectivity index (χ0v) is 12.5. The maximum absolute atomic E-state index is 12.1. The molecule has 112 valence electrons. The van der Waals surface area contributed by atoms with E-state index in [-0.39, 0.29) is 12.5 Å². The van der Waals surface area contributed by atoms with Gasteiger partial charge in [0.25, 0.3) is 5.91 Å². The predicted octanol–water partition coefficient (Wildman–Crippen LogP) is 1.51. The van der Waals surface area contributed by atoms with E-state index in [0.717, 1.165) is 17.9 Å². The number of aliphatic hydroxyl groups excluding tert-OH is 1. The lowest BCUT2D eigenvalue weighted by molar-refractivity contribution is 0.0952. The minimum atomic E-state index is -0.177. The van der Waals surface area contributed by atoms with E-state index in [1.54, 1.807) is 30.0 Å². The van der Waals surface area contributed by atoms with Gasteiger partial charge in [-0.2, -0.15) is 11.8 Å². The molecule has 0 saturated heterocycles. The van der Waals surface area contributed by atoms with Gasteiger partial charge in [-0.15, -0.1) is 0 Å². The first kappa shape index (κ1) is 16.7. The Kier molecular flexibility index (Phi) is 7.91. The number of para-hydroxylation sites is 1. The second kappa shape index (κ2) is 9.50. The molecule has 0 aromatic heterocycles. The van der Waals surface area contributed by atoms with E-state index in [0.29, 0.717) is 30.2 Å². The Morgan fingerprint density at radius 1 is 1.45 bits per heavy atom. The highest BCUT2D eigenvalue weighted by atomic mass is 32.2. The first-order chi connectivity index (χ1) is 9.70. The normalized spacial score (nSPS) is 10.3. The Labute approximate surface area is 123 Å². The van der Waals surface area contributed by atoms with Gasteiger partial charge >= 0.3 is 0 Å². The molecule has 0 aliphatic rings. The number of ether oxygens (including phenoxy) is 1. The quantitative estimate of drug-likeness (QED) is 0.475. The predicted molar refractivity (Wildman–Crippen MR) is 83.4 cm³/mol. The van der Waals surface area contributed by atoms with E-state index in [4.69, 9.17) is 15.6 Å². The van der Waals surface area contributed by atoms with Gasteiger partial charge in [-0.25, -0.2) is 0 Å². The Bertz CT molecular complexity index is 427. The number of nitrogens with two attached hydrogens (primary N) is 1. The molecule has 6 heteroatoms. The number of nitrogen functional groups attached to an aromatic ring is 1. The van der Waals surface area contributed by atoms with Crippen molar-refractivity contribution in [1.82, 2.24) is 5.32 Å². The summed E-state index contributed by atoms with van der Waals surface area (Å²) in [5, 5.41) is 11.5. The summed E-state index contributed by atoms with van der Waals surface area (Å²) in [4.78, 5) is 12.1. The van der Waals surface area contributed by atoms with Crippen LogP contribution in [0.2, 0.25) is 0 Å². The monoisotopic (exact) mass is 298 g/mol. The second-order valence-corrected chi connectivity index (χ2v) is 5.33. The van der Waals surface area contributed by atoms with E-state index in [9.17, 15) is 4.79 Å². The first-order valence-electron chi connectivity index (χ1n) is 6.68. The molecule has 0 saturated carbocycles. The van der Waals surface area contributed by atoms with Gasteiger partial charge in [-0.1, -0.05) is 6.07 Å². The van der Waals surface area contributed by atoms with Crippen molar-refractivity contribution < 1.29 is 14.6 Å². The summed E-state index contributed by atoms with van der Waals surface area (Å²) in [6, 6.07) is 5.16. The van der Waals surface area contributed by atoms with Gasteiger partial charge < -0.3 is 20.9 Å². The molecule has 0 radical (unpaired) electrons. The fraction of sp³-hybridized carbons (Fsp3) is 0.500. The molecule has 0 aliphatic heterocycles. The standard InChI is InChI=1S/C14H22N2O3S/c1-2-19-13-11(5-3-6-12(13)15)14(18)16-7-10-20-9-4-8-17/h3,5-6,17H,2,4,7-10,15H2,1H3,(H,16,18). The molecule has 0 unspecified atom stereocenters. The van der Waals surface area contributed by atoms with Crippen LogP contribution in [0, 0.1) is 0 Å². The number of rotatable bonds is 9. The number of aliphatic hydroxyl groups is 1. The number of amides is 1. The van der Waals surface area contributed by atoms with E-state index >= 15 is 0 Å². The summed E-state index contributed by atoms with van der Waals surface area (Å²) < 4.78 is 5.43. The smallest absolute Gasteiger partial charge is 0.255 e. The maximum atomic E-state index is 12.1. The van der Waals surface area contributed by atoms with Gasteiger partial charge in [0.05, 0.1) is 17.9 Å². The third-order valence-corrected chi connectivity index (χ3v) is 3.63. The minimum Gasteiger partial charge on any atom is -0.491 e. The van der Waals surface area contributed by atoms with Crippen molar-refractivity contribution in [2.45, 2.75) is 13.3 Å². The second-order valence-electron chi connectivity index (χ2n) is 4.10. The molecule has 0 spiro atoms. The molecule has 1 amide bonds. The SMILES string of the molecule is CCOc1c(N)cccc1C(=O)NCCSCCCO. The number of hydrogen-bond acceptors (Lipinski definition) is 5. The summed E-state index contributed by atoms with van der Waals surface area (Å²) in [5.74, 6) is 1.98. The van der Waals surface area contributed by atoms with Crippen LogP contribution in [-0.4, -0.2) is 42.3 Å². The molecule has 0 fully saturated rings. The Balaban J connectivity index is 2.49. The molecule has 0 heterocycles. The molecule has 5 nitrogen and oxygen atoms in total. The Hall–Kier alpha value is -1.40. The topological polar surface area (TPSA) is 84.6 Å². The molecule has 1 rings (SSSR count). The summed E-state index contributed by atoms with van der Waals surface area (Å²) in [5.41, 5.74) is 6.76. The first-order valence-corrected chi connectivity index (χ1v) is 7.84.